The second-order valence-electron chi connectivity index (χ2n) is 16.8. The fourth-order valence-electron chi connectivity index (χ4n) is 12.4. The fraction of sp³-hybridized carbons (Fsp3) is 0.192. The number of benzene rings is 7. The highest BCUT2D eigenvalue weighted by atomic mass is 32.1. The molecule has 0 radical (unpaired) electrons. The normalized spacial score (nSPS) is 23.6. The molecule has 0 atom stereocenters. The van der Waals surface area contributed by atoms with Gasteiger partial charge >= 0.3 is 0 Å². The van der Waals surface area contributed by atoms with Crippen molar-refractivity contribution < 1.29 is 4.42 Å². The van der Waals surface area contributed by atoms with Crippen molar-refractivity contribution in [2.45, 2.75) is 37.5 Å². The monoisotopic (exact) mass is 710 g/mol. The van der Waals surface area contributed by atoms with Crippen LogP contribution in [-0.4, -0.2) is 0 Å². The number of hydrogen-bond acceptors (Lipinski definition) is 2. The Morgan fingerprint density at radius 3 is 1.93 bits per heavy atom. The zero-order valence-corrected chi connectivity index (χ0v) is 30.8. The molecular weight excluding hydrogens is 673 g/mol. The largest absolute Gasteiger partial charge is 0.455 e. The van der Waals surface area contributed by atoms with Crippen LogP contribution in [0.25, 0.3) is 86.6 Å². The van der Waals surface area contributed by atoms with Gasteiger partial charge in [-0.05, 0) is 131 Å². The van der Waals surface area contributed by atoms with E-state index in [0.29, 0.717) is 0 Å². The molecule has 4 bridgehead atoms. The van der Waals surface area contributed by atoms with Gasteiger partial charge in [0.25, 0.3) is 0 Å². The second-order valence-corrected chi connectivity index (χ2v) is 17.9. The molecule has 1 spiro atoms. The van der Waals surface area contributed by atoms with Gasteiger partial charge in [0.2, 0.25) is 0 Å². The summed E-state index contributed by atoms with van der Waals surface area (Å²) in [5, 5.41) is 5.10. The van der Waals surface area contributed by atoms with Gasteiger partial charge in [0.15, 0.2) is 0 Å². The lowest BCUT2D eigenvalue weighted by molar-refractivity contribution is -0.0399. The number of hydrogen-bond donors (Lipinski definition) is 0. The summed E-state index contributed by atoms with van der Waals surface area (Å²) in [5.41, 5.74) is 15.3. The molecule has 7 aromatic carbocycles. The van der Waals surface area contributed by atoms with Crippen molar-refractivity contribution in [2.24, 2.45) is 23.7 Å². The Labute approximate surface area is 318 Å². The number of para-hydroxylation sites is 1. The van der Waals surface area contributed by atoms with Crippen LogP contribution in [0.4, 0.5) is 0 Å². The molecule has 2 heteroatoms. The molecule has 4 saturated carbocycles. The van der Waals surface area contributed by atoms with E-state index in [2.05, 4.69) is 146 Å². The molecule has 5 aliphatic carbocycles. The summed E-state index contributed by atoms with van der Waals surface area (Å²) in [6.45, 7) is 0. The number of furan rings is 1. The van der Waals surface area contributed by atoms with Gasteiger partial charge in [-0.25, -0.2) is 0 Å². The lowest BCUT2D eigenvalue weighted by Crippen LogP contribution is -2.55. The van der Waals surface area contributed by atoms with Crippen LogP contribution in [0.15, 0.2) is 150 Å². The van der Waals surface area contributed by atoms with Crippen LogP contribution in [0.2, 0.25) is 0 Å². The van der Waals surface area contributed by atoms with Crippen molar-refractivity contribution in [3.05, 3.63) is 157 Å². The zero-order chi connectivity index (χ0) is 35.1. The molecule has 54 heavy (non-hydrogen) atoms. The molecule has 258 valence electrons. The Morgan fingerprint density at radius 2 is 1.07 bits per heavy atom. The van der Waals surface area contributed by atoms with Crippen molar-refractivity contribution in [3.8, 4) is 44.5 Å². The molecular formula is C52H38OS. The van der Waals surface area contributed by atoms with Crippen LogP contribution >= 0.6 is 11.3 Å². The summed E-state index contributed by atoms with van der Waals surface area (Å²) in [6, 6.07) is 54.8. The predicted molar refractivity (Wildman–Crippen MR) is 226 cm³/mol. The quantitative estimate of drug-likeness (QED) is 0.178. The van der Waals surface area contributed by atoms with Gasteiger partial charge in [0.1, 0.15) is 11.2 Å². The van der Waals surface area contributed by atoms with E-state index < -0.39 is 0 Å². The van der Waals surface area contributed by atoms with Gasteiger partial charge in [-0.1, -0.05) is 115 Å². The molecule has 2 aromatic heterocycles. The van der Waals surface area contributed by atoms with E-state index in [1.165, 1.54) is 102 Å². The van der Waals surface area contributed by atoms with Crippen molar-refractivity contribution in [1.29, 1.82) is 0 Å². The van der Waals surface area contributed by atoms with Gasteiger partial charge in [-0.15, -0.1) is 11.3 Å². The maximum atomic E-state index is 7.31. The Bertz CT molecular complexity index is 2980. The topological polar surface area (TPSA) is 13.1 Å². The smallest absolute Gasteiger partial charge is 0.143 e. The maximum Gasteiger partial charge on any atom is 0.143 e. The van der Waals surface area contributed by atoms with E-state index in [1.807, 2.05) is 11.3 Å². The molecule has 2 heterocycles. The first-order valence-corrected chi connectivity index (χ1v) is 20.7. The summed E-state index contributed by atoms with van der Waals surface area (Å²) in [4.78, 5) is 0. The van der Waals surface area contributed by atoms with Gasteiger partial charge in [-0.3, -0.25) is 0 Å². The van der Waals surface area contributed by atoms with Crippen molar-refractivity contribution >= 4 is 53.4 Å². The lowest BCUT2D eigenvalue weighted by Gasteiger charge is -2.61. The van der Waals surface area contributed by atoms with Crippen molar-refractivity contribution in [1.82, 2.24) is 0 Å². The Balaban J connectivity index is 1.03. The maximum absolute atomic E-state index is 7.31. The van der Waals surface area contributed by atoms with Crippen LogP contribution in [0.3, 0.4) is 0 Å². The van der Waals surface area contributed by atoms with Crippen LogP contribution in [0, 0.1) is 23.7 Å². The van der Waals surface area contributed by atoms with E-state index >= 15 is 0 Å². The van der Waals surface area contributed by atoms with E-state index in [4.69, 9.17) is 4.42 Å². The minimum Gasteiger partial charge on any atom is -0.455 e. The minimum atomic E-state index is 0.129. The lowest BCUT2D eigenvalue weighted by atomic mass is 9.43. The molecule has 9 aromatic rings. The van der Waals surface area contributed by atoms with Crippen LogP contribution < -0.4 is 0 Å². The van der Waals surface area contributed by atoms with E-state index in [0.717, 1.165) is 40.4 Å². The third-order valence-electron chi connectivity index (χ3n) is 14.2. The predicted octanol–water partition coefficient (Wildman–Crippen LogP) is 14.7. The van der Waals surface area contributed by atoms with E-state index in [1.54, 1.807) is 11.1 Å². The second kappa shape index (κ2) is 10.8. The van der Waals surface area contributed by atoms with Gasteiger partial charge in [0.05, 0.1) is 0 Å². The summed E-state index contributed by atoms with van der Waals surface area (Å²) < 4.78 is 9.97. The highest BCUT2D eigenvalue weighted by Crippen LogP contribution is 2.70. The fourth-order valence-corrected chi connectivity index (χ4v) is 13.5. The Morgan fingerprint density at radius 1 is 0.426 bits per heavy atom. The highest BCUT2D eigenvalue weighted by Gasteiger charge is 2.61. The SMILES string of the molecule is c1ccc(-c2cc(-c3ccc4c(c3)sc3ccccc34)cc(-c3cccc4c3oc3c5c(ccc34)C3(c4ccccc4-5)C4CC5CC(C4)CC3C5)c2)cc1. The summed E-state index contributed by atoms with van der Waals surface area (Å²) in [7, 11) is 0. The Kier molecular flexibility index (Phi) is 6.01. The first-order chi connectivity index (χ1) is 26.7. The molecule has 0 aliphatic heterocycles. The standard InChI is InChI=1S/C52H38OS/c1-2-9-32(10-3-1)34-26-35(33-17-18-41-40-11-5-7-16-47(40)54-48(41)29-33)28-36(27-34)39-13-8-14-42-43-19-20-46-49(51(43)53-50(39)42)44-12-4-6-15-45(44)52(46)37-22-30-21-31(24-37)25-38(52)23-30/h1-20,26-31,37-38H,21-25H2. The van der Waals surface area contributed by atoms with Crippen LogP contribution in [0.5, 0.6) is 0 Å². The summed E-state index contributed by atoms with van der Waals surface area (Å²) >= 11 is 1.88. The van der Waals surface area contributed by atoms with Crippen LogP contribution in [0.1, 0.15) is 43.2 Å². The molecule has 1 nitrogen and oxygen atoms in total. The Hall–Kier alpha value is -5.44. The van der Waals surface area contributed by atoms with Gasteiger partial charge in [-0.2, -0.15) is 0 Å². The minimum absolute atomic E-state index is 0.129. The molecule has 4 fully saturated rings. The van der Waals surface area contributed by atoms with Gasteiger partial charge < -0.3 is 4.42 Å². The highest BCUT2D eigenvalue weighted by molar-refractivity contribution is 7.25. The number of thiophene rings is 1. The van der Waals surface area contributed by atoms with Crippen molar-refractivity contribution in [2.75, 3.05) is 0 Å². The average molecular weight is 711 g/mol. The number of rotatable bonds is 3. The van der Waals surface area contributed by atoms with Crippen LogP contribution in [-0.2, 0) is 5.41 Å². The molecule has 0 amide bonds. The average Bonchev–Trinajstić information content (AvgIpc) is 3.88. The zero-order valence-electron chi connectivity index (χ0n) is 30.0. The summed E-state index contributed by atoms with van der Waals surface area (Å²) in [5.74, 6) is 3.32. The van der Waals surface area contributed by atoms with E-state index in [9.17, 15) is 0 Å². The molecule has 0 N–H and O–H groups in total. The van der Waals surface area contributed by atoms with E-state index in [-0.39, 0.29) is 5.41 Å². The van der Waals surface area contributed by atoms with Crippen molar-refractivity contribution in [3.63, 3.8) is 0 Å². The first kappa shape index (κ1) is 29.9. The van der Waals surface area contributed by atoms with Gasteiger partial charge in [0, 0.05) is 47.5 Å². The third-order valence-corrected chi connectivity index (χ3v) is 15.4. The third kappa shape index (κ3) is 3.94. The number of fused-ring (bicyclic) bond motifs is 10. The molecule has 14 rings (SSSR count). The molecule has 5 aliphatic rings. The molecule has 0 saturated heterocycles. The molecule has 0 unspecified atom stereocenters. The first-order valence-electron chi connectivity index (χ1n) is 19.9. The summed E-state index contributed by atoms with van der Waals surface area (Å²) in [6.07, 6.45) is 7.02.